The van der Waals surface area contributed by atoms with Gasteiger partial charge >= 0.3 is 39.5 Å². The van der Waals surface area contributed by atoms with E-state index in [4.69, 9.17) is 37.0 Å². The molecule has 3 N–H and O–H groups in total. The molecule has 5 atom stereocenters. The summed E-state index contributed by atoms with van der Waals surface area (Å²) in [5.74, 6) is -2.11. The van der Waals surface area contributed by atoms with Crippen molar-refractivity contribution in [3.63, 3.8) is 0 Å². The Balaban J connectivity index is 5.22. The number of phosphoric ester groups is 2. The molecule has 0 fully saturated rings. The predicted octanol–water partition coefficient (Wildman–Crippen LogP) is 21.8. The number of aliphatic hydroxyl groups excluding tert-OH is 1. The van der Waals surface area contributed by atoms with E-state index in [0.717, 1.165) is 89.9 Å². The molecule has 93 heavy (non-hydrogen) atoms. The van der Waals surface area contributed by atoms with Gasteiger partial charge in [-0.05, 0) is 25.7 Å². The van der Waals surface area contributed by atoms with E-state index in [9.17, 15) is 43.2 Å². The van der Waals surface area contributed by atoms with Crippen molar-refractivity contribution >= 4 is 39.5 Å². The van der Waals surface area contributed by atoms with Gasteiger partial charge in [0, 0.05) is 25.7 Å². The Kier molecular flexibility index (Phi) is 67.1. The van der Waals surface area contributed by atoms with Crippen molar-refractivity contribution in [3.05, 3.63) is 0 Å². The highest BCUT2D eigenvalue weighted by molar-refractivity contribution is 7.47. The number of rotatable bonds is 75. The molecule has 2 unspecified atom stereocenters. The summed E-state index contributed by atoms with van der Waals surface area (Å²) < 4.78 is 68.5. The second-order valence-electron chi connectivity index (χ2n) is 26.7. The number of carbonyl (C=O) groups is 4. The van der Waals surface area contributed by atoms with Gasteiger partial charge in [-0.15, -0.1) is 0 Å². The molecule has 0 aromatic heterocycles. The molecule has 0 saturated carbocycles. The maximum atomic E-state index is 13.1. The Bertz CT molecular complexity index is 1770. The maximum Gasteiger partial charge on any atom is 0.472 e. The maximum absolute atomic E-state index is 13.1. The first-order chi connectivity index (χ1) is 45.2. The molecule has 0 aliphatic heterocycles. The van der Waals surface area contributed by atoms with E-state index in [1.165, 1.54) is 225 Å². The van der Waals surface area contributed by atoms with Crippen LogP contribution in [0.3, 0.4) is 0 Å². The molecule has 17 nitrogen and oxygen atoms in total. The lowest BCUT2D eigenvalue weighted by Gasteiger charge is -2.21. The van der Waals surface area contributed by atoms with E-state index in [1.54, 1.807) is 0 Å². The number of hydrogen-bond acceptors (Lipinski definition) is 15. The SMILES string of the molecule is CCCCCCCCCCCCCCCCCC(=O)OC[C@H](COP(=O)(O)OC[C@H](O)COP(=O)(O)OC[C@@H](COC(=O)CCCCCCCCCCCCCCC)OC(=O)CCCCCCCCCCCCCCCCC)OC(=O)CCCCCCCCCCCC. The van der Waals surface area contributed by atoms with Crippen LogP contribution in [0.15, 0.2) is 0 Å². The molecule has 0 aliphatic carbocycles. The minimum Gasteiger partial charge on any atom is -0.462 e. The third kappa shape index (κ3) is 68.4. The Hall–Kier alpha value is -1.94. The van der Waals surface area contributed by atoms with Crippen LogP contribution in [0.2, 0.25) is 0 Å². The molecule has 0 rings (SSSR count). The van der Waals surface area contributed by atoms with Crippen molar-refractivity contribution in [1.82, 2.24) is 0 Å². The molecular weight excluding hydrogens is 1220 g/mol. The highest BCUT2D eigenvalue weighted by Crippen LogP contribution is 2.45. The first-order valence-electron chi connectivity index (χ1n) is 38.8. The summed E-state index contributed by atoms with van der Waals surface area (Å²) in [6, 6.07) is 0. The van der Waals surface area contributed by atoms with E-state index >= 15 is 0 Å². The Morgan fingerprint density at radius 3 is 0.634 bits per heavy atom. The topological polar surface area (TPSA) is 237 Å². The molecule has 0 aromatic rings. The second-order valence-corrected chi connectivity index (χ2v) is 29.6. The highest BCUT2D eigenvalue weighted by atomic mass is 31.2. The minimum absolute atomic E-state index is 0.108. The molecule has 0 spiro atoms. The number of hydrogen-bond donors (Lipinski definition) is 3. The highest BCUT2D eigenvalue weighted by Gasteiger charge is 2.30. The molecular formula is C74H144O17P2. The third-order valence-electron chi connectivity index (χ3n) is 17.4. The fourth-order valence-corrected chi connectivity index (χ4v) is 13.0. The van der Waals surface area contributed by atoms with Gasteiger partial charge < -0.3 is 33.8 Å². The van der Waals surface area contributed by atoms with Gasteiger partial charge in [0.05, 0.1) is 26.4 Å². The van der Waals surface area contributed by atoms with Gasteiger partial charge in [0.15, 0.2) is 12.2 Å². The molecule has 0 aromatic carbocycles. The van der Waals surface area contributed by atoms with Crippen LogP contribution in [-0.2, 0) is 65.4 Å². The summed E-state index contributed by atoms with van der Waals surface area (Å²) in [7, 11) is -9.90. The standard InChI is InChI=1S/C74H144O17P2/c1-5-9-13-17-21-25-29-32-34-37-40-44-47-51-55-59-72(77)84-64-69(90-73(78)60-56-52-48-42-28-24-20-16-12-8-4)66-88-92(80,81)86-62-68(75)63-87-93(82,83)89-67-70(65-85-71(76)58-54-50-46-43-39-36-31-27-23-19-15-11-7-3)91-74(79)61-57-53-49-45-41-38-35-33-30-26-22-18-14-10-6-2/h68-70,75H,5-67H2,1-4H3,(H,80,81)(H,82,83)/t68-,69+,70+/m0/s1. The lowest BCUT2D eigenvalue weighted by Crippen LogP contribution is -2.30. The number of ether oxygens (including phenoxy) is 4. The molecule has 552 valence electrons. The summed E-state index contributed by atoms with van der Waals surface area (Å²) in [4.78, 5) is 72.7. The summed E-state index contributed by atoms with van der Waals surface area (Å²) >= 11 is 0. The van der Waals surface area contributed by atoms with Gasteiger partial charge in [0.2, 0.25) is 0 Å². The summed E-state index contributed by atoms with van der Waals surface area (Å²) in [5, 5.41) is 10.6. The molecule has 0 radical (unpaired) electrons. The number of phosphoric acid groups is 2. The zero-order chi connectivity index (χ0) is 68.2. The first kappa shape index (κ1) is 91.1. The van der Waals surface area contributed by atoms with Gasteiger partial charge in [-0.3, -0.25) is 37.3 Å². The molecule has 19 heteroatoms. The molecule has 0 bridgehead atoms. The summed E-state index contributed by atoms with van der Waals surface area (Å²) in [6.07, 6.45) is 58.0. The van der Waals surface area contributed by atoms with E-state index in [0.29, 0.717) is 25.7 Å². The predicted molar refractivity (Wildman–Crippen MR) is 377 cm³/mol. The van der Waals surface area contributed by atoms with Gasteiger partial charge in [-0.25, -0.2) is 9.13 Å². The molecule has 0 amide bonds. The number of unbranched alkanes of at least 4 members (excludes halogenated alkanes) is 49. The van der Waals surface area contributed by atoms with Crippen molar-refractivity contribution < 1.29 is 80.2 Å². The van der Waals surface area contributed by atoms with Crippen LogP contribution < -0.4 is 0 Å². The zero-order valence-electron chi connectivity index (χ0n) is 60.2. The van der Waals surface area contributed by atoms with E-state index in [-0.39, 0.29) is 25.7 Å². The summed E-state index contributed by atoms with van der Waals surface area (Å²) in [5.41, 5.74) is 0. The van der Waals surface area contributed by atoms with Crippen LogP contribution >= 0.6 is 15.6 Å². The Morgan fingerprint density at radius 1 is 0.258 bits per heavy atom. The van der Waals surface area contributed by atoms with E-state index in [1.807, 2.05) is 0 Å². The van der Waals surface area contributed by atoms with Crippen LogP contribution in [0.5, 0.6) is 0 Å². The monoisotopic (exact) mass is 1370 g/mol. The largest absolute Gasteiger partial charge is 0.472 e. The molecule has 0 heterocycles. The molecule has 0 aliphatic rings. The van der Waals surface area contributed by atoms with Crippen molar-refractivity contribution in [2.24, 2.45) is 0 Å². The quantitative estimate of drug-likeness (QED) is 0.0222. The third-order valence-corrected chi connectivity index (χ3v) is 19.3. The fourth-order valence-electron chi connectivity index (χ4n) is 11.4. The zero-order valence-corrected chi connectivity index (χ0v) is 62.0. The average molecular weight is 1370 g/mol. The lowest BCUT2D eigenvalue weighted by molar-refractivity contribution is -0.161. The first-order valence-corrected chi connectivity index (χ1v) is 41.8. The van der Waals surface area contributed by atoms with Crippen LogP contribution in [0.4, 0.5) is 0 Å². The smallest absolute Gasteiger partial charge is 0.462 e. The number of aliphatic hydroxyl groups is 1. The minimum atomic E-state index is -4.95. The Labute approximate surface area is 568 Å². The number of carbonyl (C=O) groups excluding carboxylic acids is 4. The number of esters is 4. The van der Waals surface area contributed by atoms with Crippen LogP contribution in [0.25, 0.3) is 0 Å². The second kappa shape index (κ2) is 68.6. The van der Waals surface area contributed by atoms with Crippen molar-refractivity contribution in [3.8, 4) is 0 Å². The Morgan fingerprint density at radius 2 is 0.430 bits per heavy atom. The van der Waals surface area contributed by atoms with Gasteiger partial charge in [-0.2, -0.15) is 0 Å². The lowest BCUT2D eigenvalue weighted by atomic mass is 10.0. The normalized spacial score (nSPS) is 13.9. The van der Waals surface area contributed by atoms with E-state index < -0.39 is 97.5 Å². The van der Waals surface area contributed by atoms with E-state index in [2.05, 4.69) is 27.7 Å². The van der Waals surface area contributed by atoms with Gasteiger partial charge in [0.1, 0.15) is 19.3 Å². The molecule has 0 saturated heterocycles. The summed E-state index contributed by atoms with van der Waals surface area (Å²) in [6.45, 7) is 4.98. The van der Waals surface area contributed by atoms with Crippen LogP contribution in [0, 0.1) is 0 Å². The van der Waals surface area contributed by atoms with Crippen molar-refractivity contribution in [1.29, 1.82) is 0 Å². The van der Waals surface area contributed by atoms with Crippen molar-refractivity contribution in [2.75, 3.05) is 39.6 Å². The average Bonchev–Trinajstić information content (AvgIpc) is 1.82. The van der Waals surface area contributed by atoms with Crippen LogP contribution in [0.1, 0.15) is 394 Å². The van der Waals surface area contributed by atoms with Crippen molar-refractivity contribution in [2.45, 2.75) is 412 Å². The van der Waals surface area contributed by atoms with Gasteiger partial charge in [0.25, 0.3) is 0 Å². The van der Waals surface area contributed by atoms with Crippen LogP contribution in [-0.4, -0.2) is 96.7 Å². The fraction of sp³-hybridized carbons (Fsp3) is 0.946. The van der Waals surface area contributed by atoms with Gasteiger partial charge in [-0.1, -0.05) is 342 Å².